The van der Waals surface area contributed by atoms with Crippen LogP contribution in [0.3, 0.4) is 0 Å². The summed E-state index contributed by atoms with van der Waals surface area (Å²) in [5.41, 5.74) is 0.156. The minimum atomic E-state index is -2.88. The molecule has 1 N–H and O–H groups in total. The van der Waals surface area contributed by atoms with Crippen LogP contribution in [-0.4, -0.2) is 57.0 Å². The fraction of sp³-hybridized carbons (Fsp3) is 1.00. The molecule has 4 nitrogen and oxygen atoms in total. The van der Waals surface area contributed by atoms with E-state index in [2.05, 4.69) is 24.1 Å². The molecule has 5 heteroatoms. The predicted octanol–water partition coefficient (Wildman–Crippen LogP) is 1.66. The van der Waals surface area contributed by atoms with E-state index in [1.807, 2.05) is 7.05 Å². The van der Waals surface area contributed by atoms with Gasteiger partial charge in [-0.2, -0.15) is 0 Å². The zero-order valence-corrected chi connectivity index (χ0v) is 13.7. The van der Waals surface area contributed by atoms with E-state index in [0.717, 1.165) is 13.1 Å². The van der Waals surface area contributed by atoms with Crippen molar-refractivity contribution in [3.05, 3.63) is 0 Å². The van der Waals surface area contributed by atoms with Gasteiger partial charge in [0.05, 0.1) is 5.75 Å². The molecule has 0 radical (unpaired) electrons. The van der Waals surface area contributed by atoms with E-state index >= 15 is 0 Å². The molecule has 19 heavy (non-hydrogen) atoms. The summed E-state index contributed by atoms with van der Waals surface area (Å²) in [7, 11) is -0.914. The molecule has 1 aliphatic rings. The van der Waals surface area contributed by atoms with Gasteiger partial charge in [0.2, 0.25) is 0 Å². The maximum atomic E-state index is 11.4. The van der Waals surface area contributed by atoms with Gasteiger partial charge in [0.25, 0.3) is 0 Å². The van der Waals surface area contributed by atoms with E-state index in [0.29, 0.717) is 6.42 Å². The molecule has 0 aromatic rings. The van der Waals surface area contributed by atoms with Gasteiger partial charge in [-0.1, -0.05) is 26.7 Å². The van der Waals surface area contributed by atoms with E-state index in [1.54, 1.807) is 0 Å². The van der Waals surface area contributed by atoms with Crippen LogP contribution in [0.1, 0.15) is 46.0 Å². The fourth-order valence-electron chi connectivity index (χ4n) is 3.74. The van der Waals surface area contributed by atoms with Crippen molar-refractivity contribution in [2.75, 3.05) is 32.1 Å². The van der Waals surface area contributed by atoms with Crippen LogP contribution in [0.15, 0.2) is 0 Å². The second kappa shape index (κ2) is 7.04. The quantitative estimate of drug-likeness (QED) is 0.739. The zero-order valence-electron chi connectivity index (χ0n) is 12.9. The van der Waals surface area contributed by atoms with Crippen LogP contribution in [0, 0.1) is 0 Å². The highest BCUT2D eigenvalue weighted by Crippen LogP contribution is 2.39. The van der Waals surface area contributed by atoms with Gasteiger partial charge in [0.15, 0.2) is 0 Å². The molecule has 0 aromatic carbocycles. The van der Waals surface area contributed by atoms with Gasteiger partial charge in [-0.3, -0.25) is 4.90 Å². The van der Waals surface area contributed by atoms with E-state index in [9.17, 15) is 8.42 Å². The van der Waals surface area contributed by atoms with E-state index in [-0.39, 0.29) is 17.3 Å². The van der Waals surface area contributed by atoms with E-state index < -0.39 is 9.84 Å². The van der Waals surface area contributed by atoms with Gasteiger partial charge in [-0.15, -0.1) is 0 Å². The third-order valence-corrected chi connectivity index (χ3v) is 5.61. The lowest BCUT2D eigenvalue weighted by Gasteiger charge is -2.46. The molecular formula is C14H30N2O2S. The Morgan fingerprint density at radius 3 is 2.11 bits per heavy atom. The summed E-state index contributed by atoms with van der Waals surface area (Å²) in [4.78, 5) is 2.53. The second-order valence-electron chi connectivity index (χ2n) is 5.74. The summed E-state index contributed by atoms with van der Waals surface area (Å²) in [6.07, 6.45) is 6.93. The Morgan fingerprint density at radius 1 is 1.21 bits per heavy atom. The molecule has 0 aliphatic heterocycles. The Balaban J connectivity index is 2.88. The zero-order chi connectivity index (χ0) is 14.5. The Bertz CT molecular complexity index is 358. The molecule has 1 atom stereocenters. The van der Waals surface area contributed by atoms with Crippen LogP contribution in [0.5, 0.6) is 0 Å². The first-order chi connectivity index (χ1) is 8.89. The second-order valence-corrected chi connectivity index (χ2v) is 8.00. The summed E-state index contributed by atoms with van der Waals surface area (Å²) >= 11 is 0. The van der Waals surface area contributed by atoms with Crippen LogP contribution in [-0.2, 0) is 9.84 Å². The van der Waals surface area contributed by atoms with Gasteiger partial charge in [-0.25, -0.2) is 8.42 Å². The number of nitrogens with one attached hydrogen (secondary N) is 1. The molecule has 0 bridgehead atoms. The first-order valence-corrected chi connectivity index (χ1v) is 9.55. The van der Waals surface area contributed by atoms with Crippen molar-refractivity contribution in [2.24, 2.45) is 0 Å². The van der Waals surface area contributed by atoms with Crippen molar-refractivity contribution in [2.45, 2.75) is 57.5 Å². The lowest BCUT2D eigenvalue weighted by Crippen LogP contribution is -2.59. The molecular weight excluding hydrogens is 260 g/mol. The normalized spacial score (nSPS) is 20.9. The topological polar surface area (TPSA) is 49.4 Å². The van der Waals surface area contributed by atoms with Crippen LogP contribution >= 0.6 is 0 Å². The van der Waals surface area contributed by atoms with Crippen molar-refractivity contribution in [3.63, 3.8) is 0 Å². The van der Waals surface area contributed by atoms with Crippen molar-refractivity contribution in [1.29, 1.82) is 0 Å². The van der Waals surface area contributed by atoms with Gasteiger partial charge in [0, 0.05) is 17.8 Å². The van der Waals surface area contributed by atoms with Crippen LogP contribution in [0.4, 0.5) is 0 Å². The fourth-order valence-corrected chi connectivity index (χ4v) is 4.40. The molecule has 1 aliphatic carbocycles. The summed E-state index contributed by atoms with van der Waals surface area (Å²) in [6, 6.07) is 0.268. The molecule has 0 amide bonds. The minimum absolute atomic E-state index is 0.156. The number of hydrogen-bond donors (Lipinski definition) is 1. The molecule has 1 unspecified atom stereocenters. The van der Waals surface area contributed by atoms with E-state index in [4.69, 9.17) is 0 Å². The Morgan fingerprint density at radius 2 is 1.74 bits per heavy atom. The highest BCUT2D eigenvalue weighted by atomic mass is 32.2. The highest BCUT2D eigenvalue weighted by Gasteiger charge is 2.44. The average molecular weight is 290 g/mol. The molecule has 0 spiro atoms. The molecule has 1 fully saturated rings. The highest BCUT2D eigenvalue weighted by molar-refractivity contribution is 7.90. The number of sulfone groups is 1. The van der Waals surface area contributed by atoms with Crippen LogP contribution < -0.4 is 5.32 Å². The molecule has 1 rings (SSSR count). The average Bonchev–Trinajstić information content (AvgIpc) is 2.80. The number of nitrogens with zero attached hydrogens (tertiary/aromatic N) is 1. The number of likely N-dealkylation sites (N-methyl/N-ethyl adjacent to an activating group) is 2. The number of rotatable bonds is 8. The van der Waals surface area contributed by atoms with Gasteiger partial charge < -0.3 is 5.32 Å². The van der Waals surface area contributed by atoms with Crippen molar-refractivity contribution in [1.82, 2.24) is 10.2 Å². The van der Waals surface area contributed by atoms with Crippen molar-refractivity contribution >= 4 is 9.84 Å². The summed E-state index contributed by atoms with van der Waals surface area (Å²) in [5, 5.41) is 3.40. The lowest BCUT2D eigenvalue weighted by atomic mass is 9.84. The lowest BCUT2D eigenvalue weighted by molar-refractivity contribution is 0.0647. The Kier molecular flexibility index (Phi) is 6.27. The molecule has 0 aromatic heterocycles. The summed E-state index contributed by atoms with van der Waals surface area (Å²) in [6.45, 7) is 6.47. The summed E-state index contributed by atoms with van der Waals surface area (Å²) < 4.78 is 22.9. The van der Waals surface area contributed by atoms with Gasteiger partial charge in [0.1, 0.15) is 9.84 Å². The van der Waals surface area contributed by atoms with Gasteiger partial charge in [-0.05, 0) is 39.4 Å². The Labute approximate surface area is 118 Å². The van der Waals surface area contributed by atoms with E-state index in [1.165, 1.54) is 31.9 Å². The van der Waals surface area contributed by atoms with Crippen LogP contribution in [0.25, 0.3) is 0 Å². The molecule has 114 valence electrons. The largest absolute Gasteiger partial charge is 0.315 e. The smallest absolute Gasteiger partial charge is 0.147 e. The SMILES string of the molecule is CCN(CC)C1(C(CCS(C)(=O)=O)NC)CCCC1. The van der Waals surface area contributed by atoms with Crippen molar-refractivity contribution in [3.8, 4) is 0 Å². The molecule has 1 saturated carbocycles. The summed E-state index contributed by atoms with van der Waals surface area (Å²) in [5.74, 6) is 0.279. The first kappa shape index (κ1) is 16.9. The predicted molar refractivity (Wildman–Crippen MR) is 81.3 cm³/mol. The third kappa shape index (κ3) is 4.17. The maximum Gasteiger partial charge on any atom is 0.147 e. The van der Waals surface area contributed by atoms with Crippen molar-refractivity contribution < 1.29 is 8.42 Å². The standard InChI is InChI=1S/C14H30N2O2S/c1-5-16(6-2)14(10-7-8-11-14)13(15-3)9-12-19(4,17)18/h13,15H,5-12H2,1-4H3. The maximum absolute atomic E-state index is 11.4. The monoisotopic (exact) mass is 290 g/mol. The van der Waals surface area contributed by atoms with Gasteiger partial charge >= 0.3 is 0 Å². The van der Waals surface area contributed by atoms with Crippen LogP contribution in [0.2, 0.25) is 0 Å². The molecule has 0 heterocycles. The third-order valence-electron chi connectivity index (χ3n) is 4.64. The minimum Gasteiger partial charge on any atom is -0.315 e. The number of hydrogen-bond acceptors (Lipinski definition) is 4. The first-order valence-electron chi connectivity index (χ1n) is 7.49. The Hall–Kier alpha value is -0.130. The molecule has 0 saturated heterocycles.